The van der Waals surface area contributed by atoms with E-state index in [4.69, 9.17) is 11.6 Å². The van der Waals surface area contributed by atoms with Gasteiger partial charge in [0.15, 0.2) is 8.68 Å². The van der Waals surface area contributed by atoms with Crippen LogP contribution in [0.4, 0.5) is 0 Å². The summed E-state index contributed by atoms with van der Waals surface area (Å²) >= 11 is 10.3. The molecular formula is C21H19ClN4OS3. The Morgan fingerprint density at radius 2 is 1.80 bits per heavy atom. The molecule has 1 heterocycles. The van der Waals surface area contributed by atoms with Gasteiger partial charge in [0.05, 0.1) is 12.0 Å². The maximum atomic E-state index is 12.0. The van der Waals surface area contributed by atoms with Gasteiger partial charge in [-0.2, -0.15) is 5.10 Å². The van der Waals surface area contributed by atoms with Gasteiger partial charge >= 0.3 is 0 Å². The van der Waals surface area contributed by atoms with E-state index in [1.54, 1.807) is 18.0 Å². The number of nitrogens with one attached hydrogen (secondary N) is 1. The van der Waals surface area contributed by atoms with E-state index in [0.717, 1.165) is 30.6 Å². The number of carbonyl (C=O) groups is 1. The molecule has 0 aliphatic heterocycles. The first-order valence-corrected chi connectivity index (χ1v) is 12.1. The maximum Gasteiger partial charge on any atom is 0.250 e. The lowest BCUT2D eigenvalue weighted by Gasteiger charge is -1.98. The fourth-order valence-corrected chi connectivity index (χ4v) is 5.15. The fourth-order valence-electron chi connectivity index (χ4n) is 2.25. The molecule has 30 heavy (non-hydrogen) atoms. The minimum absolute atomic E-state index is 0.186. The summed E-state index contributed by atoms with van der Waals surface area (Å²) < 4.78 is 1.63. The van der Waals surface area contributed by atoms with Crippen LogP contribution in [0.3, 0.4) is 0 Å². The number of hydrogen-bond acceptors (Lipinski definition) is 7. The molecule has 0 fully saturated rings. The quantitative estimate of drug-likeness (QED) is 0.242. The standard InChI is InChI=1S/C21H19ClN4OS3/c1-15(11-16-5-3-2-4-6-16)12-23-24-19(27)14-29-21-26-25-20(30-21)28-13-17-7-9-18(22)10-8-17/h2-12H,13-14H2,1H3,(H,24,27). The van der Waals surface area contributed by atoms with E-state index in [-0.39, 0.29) is 11.7 Å². The molecule has 2 aromatic carbocycles. The number of benzene rings is 2. The second-order valence-electron chi connectivity index (χ2n) is 6.13. The summed E-state index contributed by atoms with van der Waals surface area (Å²) in [6, 6.07) is 17.7. The van der Waals surface area contributed by atoms with Crippen molar-refractivity contribution in [2.45, 2.75) is 21.4 Å². The highest BCUT2D eigenvalue weighted by atomic mass is 35.5. The van der Waals surface area contributed by atoms with Gasteiger partial charge in [-0.05, 0) is 35.8 Å². The number of hydrogen-bond donors (Lipinski definition) is 1. The second-order valence-corrected chi connectivity index (χ2v) is 9.99. The minimum atomic E-state index is -0.186. The van der Waals surface area contributed by atoms with Gasteiger partial charge in [-0.1, -0.05) is 95.0 Å². The molecule has 9 heteroatoms. The zero-order valence-corrected chi connectivity index (χ0v) is 19.3. The molecule has 3 rings (SSSR count). The SMILES string of the molecule is CC(C=NNC(=O)CSc1nnc(SCc2ccc(Cl)cc2)s1)=Cc1ccccc1. The van der Waals surface area contributed by atoms with Crippen molar-refractivity contribution in [3.05, 3.63) is 76.3 Å². The third kappa shape index (κ3) is 7.95. The van der Waals surface area contributed by atoms with Crippen LogP contribution in [0.2, 0.25) is 5.02 Å². The Morgan fingerprint density at radius 3 is 2.53 bits per heavy atom. The zero-order valence-electron chi connectivity index (χ0n) is 16.1. The van der Waals surface area contributed by atoms with Crippen LogP contribution >= 0.6 is 46.5 Å². The van der Waals surface area contributed by atoms with E-state index in [1.807, 2.05) is 67.6 Å². The number of carbonyl (C=O) groups excluding carboxylic acids is 1. The van der Waals surface area contributed by atoms with Crippen molar-refractivity contribution < 1.29 is 4.79 Å². The normalized spacial score (nSPS) is 11.7. The van der Waals surface area contributed by atoms with Crippen LogP contribution in [0.1, 0.15) is 18.1 Å². The Bertz CT molecular complexity index is 1020. The molecule has 5 nitrogen and oxygen atoms in total. The van der Waals surface area contributed by atoms with E-state index in [1.165, 1.54) is 28.7 Å². The predicted molar refractivity (Wildman–Crippen MR) is 128 cm³/mol. The number of rotatable bonds is 9. The van der Waals surface area contributed by atoms with E-state index >= 15 is 0 Å². The van der Waals surface area contributed by atoms with Crippen LogP contribution in [0.15, 0.2) is 74.0 Å². The van der Waals surface area contributed by atoms with Gasteiger partial charge in [0.1, 0.15) is 0 Å². The zero-order chi connectivity index (χ0) is 21.2. The number of aromatic nitrogens is 2. The summed E-state index contributed by atoms with van der Waals surface area (Å²) in [5.74, 6) is 0.839. The first-order valence-electron chi connectivity index (χ1n) is 8.97. The highest BCUT2D eigenvalue weighted by Crippen LogP contribution is 2.30. The molecule has 0 radical (unpaired) electrons. The van der Waals surface area contributed by atoms with E-state index in [9.17, 15) is 4.79 Å². The smallest absolute Gasteiger partial charge is 0.250 e. The summed E-state index contributed by atoms with van der Waals surface area (Å²) in [6.45, 7) is 1.93. The van der Waals surface area contributed by atoms with Crippen molar-refractivity contribution in [2.75, 3.05) is 5.75 Å². The lowest BCUT2D eigenvalue weighted by atomic mass is 10.1. The fraction of sp³-hybridized carbons (Fsp3) is 0.143. The number of thioether (sulfide) groups is 2. The van der Waals surface area contributed by atoms with Gasteiger partial charge in [0.25, 0.3) is 5.91 Å². The number of allylic oxidation sites excluding steroid dienone is 1. The van der Waals surface area contributed by atoms with Gasteiger partial charge in [-0.15, -0.1) is 10.2 Å². The van der Waals surface area contributed by atoms with Crippen LogP contribution in [0.25, 0.3) is 6.08 Å². The highest BCUT2D eigenvalue weighted by molar-refractivity contribution is 8.03. The van der Waals surface area contributed by atoms with Gasteiger partial charge in [0, 0.05) is 10.8 Å². The monoisotopic (exact) mass is 474 g/mol. The first-order chi connectivity index (χ1) is 14.6. The van der Waals surface area contributed by atoms with Crippen molar-refractivity contribution in [3.8, 4) is 0 Å². The average molecular weight is 475 g/mol. The van der Waals surface area contributed by atoms with E-state index in [0.29, 0.717) is 0 Å². The maximum absolute atomic E-state index is 12.0. The van der Waals surface area contributed by atoms with Crippen LogP contribution < -0.4 is 5.43 Å². The van der Waals surface area contributed by atoms with Gasteiger partial charge < -0.3 is 0 Å². The molecule has 0 bridgehead atoms. The Labute approximate surface area is 193 Å². The van der Waals surface area contributed by atoms with Gasteiger partial charge in [-0.25, -0.2) is 5.43 Å². The summed E-state index contributed by atoms with van der Waals surface area (Å²) in [5, 5.41) is 13.0. The molecule has 1 amide bonds. The van der Waals surface area contributed by atoms with Crippen molar-refractivity contribution in [1.82, 2.24) is 15.6 Å². The molecule has 154 valence electrons. The van der Waals surface area contributed by atoms with Crippen LogP contribution in [-0.4, -0.2) is 28.1 Å². The van der Waals surface area contributed by atoms with Gasteiger partial charge in [-0.3, -0.25) is 4.79 Å². The van der Waals surface area contributed by atoms with Crippen molar-refractivity contribution >= 4 is 64.7 Å². The Kier molecular flexibility index (Phi) is 8.95. The molecule has 0 saturated carbocycles. The van der Waals surface area contributed by atoms with Crippen molar-refractivity contribution in [3.63, 3.8) is 0 Å². The molecule has 0 atom stereocenters. The third-order valence-electron chi connectivity index (χ3n) is 3.64. The molecule has 0 aliphatic carbocycles. The van der Waals surface area contributed by atoms with Gasteiger partial charge in [0.2, 0.25) is 0 Å². The molecule has 3 aromatic rings. The molecule has 1 aromatic heterocycles. The lowest BCUT2D eigenvalue weighted by Crippen LogP contribution is -2.19. The third-order valence-corrected chi connectivity index (χ3v) is 7.15. The number of nitrogens with zero attached hydrogens (tertiary/aromatic N) is 3. The van der Waals surface area contributed by atoms with Crippen molar-refractivity contribution in [2.24, 2.45) is 5.10 Å². The molecular weight excluding hydrogens is 456 g/mol. The highest BCUT2D eigenvalue weighted by Gasteiger charge is 2.08. The largest absolute Gasteiger partial charge is 0.272 e. The summed E-state index contributed by atoms with van der Waals surface area (Å²) in [7, 11) is 0. The topological polar surface area (TPSA) is 67.2 Å². The van der Waals surface area contributed by atoms with Crippen LogP contribution in [0.5, 0.6) is 0 Å². The molecule has 0 unspecified atom stereocenters. The Morgan fingerprint density at radius 1 is 1.10 bits per heavy atom. The first kappa shape index (κ1) is 22.6. The molecule has 0 saturated heterocycles. The lowest BCUT2D eigenvalue weighted by molar-refractivity contribution is -0.118. The molecule has 0 aliphatic rings. The predicted octanol–water partition coefficient (Wildman–Crippen LogP) is 5.78. The Hall–Kier alpha value is -2.13. The summed E-state index contributed by atoms with van der Waals surface area (Å²) in [6.07, 6.45) is 3.63. The van der Waals surface area contributed by atoms with E-state index in [2.05, 4.69) is 20.7 Å². The summed E-state index contributed by atoms with van der Waals surface area (Å²) in [5.41, 5.74) is 5.74. The molecule has 1 N–H and O–H groups in total. The second kappa shape index (κ2) is 11.9. The minimum Gasteiger partial charge on any atom is -0.272 e. The van der Waals surface area contributed by atoms with Crippen molar-refractivity contribution in [1.29, 1.82) is 0 Å². The average Bonchev–Trinajstić information content (AvgIpc) is 3.20. The number of hydrazone groups is 1. The van der Waals surface area contributed by atoms with E-state index < -0.39 is 0 Å². The number of amides is 1. The number of halogens is 1. The van der Waals surface area contributed by atoms with Crippen LogP contribution in [-0.2, 0) is 10.5 Å². The summed E-state index contributed by atoms with van der Waals surface area (Å²) in [4.78, 5) is 12.0. The Balaban J connectivity index is 1.39. The van der Waals surface area contributed by atoms with Crippen LogP contribution in [0, 0.1) is 0 Å². The molecule has 0 spiro atoms.